The molecule has 0 aromatic heterocycles. The summed E-state index contributed by atoms with van der Waals surface area (Å²) in [5.41, 5.74) is -2.14. The van der Waals surface area contributed by atoms with E-state index in [4.69, 9.17) is 14.2 Å². The van der Waals surface area contributed by atoms with E-state index < -0.39 is 40.1 Å². The van der Waals surface area contributed by atoms with Crippen molar-refractivity contribution in [3.8, 4) is 17.2 Å². The topological polar surface area (TPSA) is 119 Å². The van der Waals surface area contributed by atoms with Crippen LogP contribution in [0.15, 0.2) is 41.0 Å². The summed E-state index contributed by atoms with van der Waals surface area (Å²) in [6.07, 6.45) is 9.54. The second-order valence-electron chi connectivity index (χ2n) is 13.2. The van der Waals surface area contributed by atoms with E-state index in [0.717, 1.165) is 5.57 Å². The van der Waals surface area contributed by atoms with Crippen LogP contribution in [0.25, 0.3) is 6.08 Å². The summed E-state index contributed by atoms with van der Waals surface area (Å²) in [6, 6.07) is 0. The average molecular weight is 561 g/mol. The van der Waals surface area contributed by atoms with Crippen molar-refractivity contribution in [2.75, 3.05) is 0 Å². The molecule has 4 bridgehead atoms. The number of Topliss-reactive ketones (excluding diaryl/α,β-unsaturated/α-hetero) is 2. The lowest BCUT2D eigenvalue weighted by Gasteiger charge is -2.56. The fraction of sp³-hybridized carbons (Fsp3) is 0.485. The van der Waals surface area contributed by atoms with Crippen LogP contribution >= 0.6 is 0 Å². The second kappa shape index (κ2) is 8.44. The summed E-state index contributed by atoms with van der Waals surface area (Å²) in [6.45, 7) is 13.0. The molecule has 0 amide bonds. The first kappa shape index (κ1) is 27.5. The number of hydrogen-bond donors (Lipinski definition) is 2. The standard InChI is InChI=1S/C33H36O8/c1-16(2)8-9-20-26-19(11-12-30(4,5)39-26)24(34)23-25(35)21-14-18-15-22-31(6,7)41-32(28(18)36,13-10-17(3)29(37)38)33(21,22)40-27(20)23/h8,10-12,14,18,22,34H,9,13,15H2,1-7H3,(H,37,38)/b17-10-/t18?,22-,32-,33+/m0/s1. The van der Waals surface area contributed by atoms with Crippen LogP contribution in [0.2, 0.25) is 0 Å². The smallest absolute Gasteiger partial charge is 0.330 e. The Morgan fingerprint density at radius 3 is 2.44 bits per heavy atom. The lowest BCUT2D eigenvalue weighted by molar-refractivity contribution is -0.171. The van der Waals surface area contributed by atoms with Gasteiger partial charge in [0.15, 0.2) is 22.8 Å². The summed E-state index contributed by atoms with van der Waals surface area (Å²) in [4.78, 5) is 40.4. The van der Waals surface area contributed by atoms with Crippen LogP contribution in [0.5, 0.6) is 17.2 Å². The molecule has 1 spiro atoms. The lowest BCUT2D eigenvalue weighted by atomic mass is 9.51. The SMILES string of the molecule is CC(C)=CCc1c2c(c(O)c3c1O[C@]14C(=CC5C[C@H]1C(C)(C)O[C@@]4(C/C=C(/C)C(=O)O)C5=O)C3=O)C=CC(C)(C)O2. The van der Waals surface area contributed by atoms with Gasteiger partial charge in [0, 0.05) is 35.0 Å². The van der Waals surface area contributed by atoms with Gasteiger partial charge in [-0.15, -0.1) is 0 Å². The van der Waals surface area contributed by atoms with Gasteiger partial charge in [-0.25, -0.2) is 4.79 Å². The molecule has 2 N–H and O–H groups in total. The first-order valence-electron chi connectivity index (χ1n) is 14.1. The Hall–Kier alpha value is -3.65. The van der Waals surface area contributed by atoms with E-state index in [0.29, 0.717) is 35.3 Å². The number of carboxylic acids is 1. The highest BCUT2D eigenvalue weighted by Crippen LogP contribution is 2.68. The zero-order valence-corrected chi connectivity index (χ0v) is 24.5. The number of carbonyl (C=O) groups is 3. The Balaban J connectivity index is 1.66. The van der Waals surface area contributed by atoms with Crippen LogP contribution in [0.3, 0.4) is 0 Å². The first-order valence-corrected chi connectivity index (χ1v) is 14.1. The van der Waals surface area contributed by atoms with E-state index in [2.05, 4.69) is 0 Å². The minimum Gasteiger partial charge on any atom is -0.506 e. The van der Waals surface area contributed by atoms with Gasteiger partial charge in [0.05, 0.1) is 11.2 Å². The molecule has 3 aliphatic carbocycles. The molecular formula is C33H36O8. The zero-order valence-electron chi connectivity index (χ0n) is 24.5. The van der Waals surface area contributed by atoms with Gasteiger partial charge >= 0.3 is 5.97 Å². The van der Waals surface area contributed by atoms with Crippen LogP contribution < -0.4 is 9.47 Å². The van der Waals surface area contributed by atoms with Crippen LogP contribution in [0.1, 0.15) is 82.8 Å². The van der Waals surface area contributed by atoms with Crippen molar-refractivity contribution in [2.45, 2.75) is 90.1 Å². The quantitative estimate of drug-likeness (QED) is 0.357. The summed E-state index contributed by atoms with van der Waals surface area (Å²) >= 11 is 0. The number of ether oxygens (including phenoxy) is 3. The molecule has 0 radical (unpaired) electrons. The van der Waals surface area contributed by atoms with Crippen molar-refractivity contribution >= 4 is 23.6 Å². The minimum absolute atomic E-state index is 0.0513. The number of ketones is 2. The van der Waals surface area contributed by atoms with Crippen LogP contribution in [-0.4, -0.2) is 50.2 Å². The zero-order chi connectivity index (χ0) is 29.9. The van der Waals surface area contributed by atoms with E-state index in [1.807, 2.05) is 53.7 Å². The first-order chi connectivity index (χ1) is 19.1. The molecule has 1 saturated carbocycles. The summed E-state index contributed by atoms with van der Waals surface area (Å²) < 4.78 is 20.1. The molecule has 3 heterocycles. The van der Waals surface area contributed by atoms with Crippen LogP contribution in [-0.2, 0) is 20.7 Å². The highest BCUT2D eigenvalue weighted by Gasteiger charge is 2.81. The number of phenolic OH excluding ortho intramolecular Hbond substituents is 1. The van der Waals surface area contributed by atoms with Crippen LogP contribution in [0, 0.1) is 11.8 Å². The molecule has 8 nitrogen and oxygen atoms in total. The second-order valence-corrected chi connectivity index (χ2v) is 13.2. The molecule has 2 fully saturated rings. The maximum Gasteiger partial charge on any atom is 0.330 e. The van der Waals surface area contributed by atoms with Gasteiger partial charge in [-0.3, -0.25) is 9.59 Å². The van der Waals surface area contributed by atoms with Crippen molar-refractivity contribution < 1.29 is 38.8 Å². The largest absolute Gasteiger partial charge is 0.506 e. The van der Waals surface area contributed by atoms with E-state index in [1.54, 1.807) is 12.2 Å². The fourth-order valence-corrected chi connectivity index (χ4v) is 7.44. The van der Waals surface area contributed by atoms with Gasteiger partial charge in [0.2, 0.25) is 0 Å². The predicted octanol–water partition coefficient (Wildman–Crippen LogP) is 5.51. The molecule has 216 valence electrons. The van der Waals surface area contributed by atoms with Crippen molar-refractivity contribution in [1.29, 1.82) is 0 Å². The maximum atomic E-state index is 14.5. The van der Waals surface area contributed by atoms with Gasteiger partial charge in [0.1, 0.15) is 28.4 Å². The Morgan fingerprint density at radius 1 is 1.07 bits per heavy atom. The molecule has 7 rings (SSSR count). The Kier molecular flexibility index (Phi) is 5.67. The molecule has 41 heavy (non-hydrogen) atoms. The monoisotopic (exact) mass is 560 g/mol. The molecule has 6 aliphatic rings. The molecular weight excluding hydrogens is 524 g/mol. The van der Waals surface area contributed by atoms with Crippen molar-refractivity contribution in [3.05, 3.63) is 57.7 Å². The van der Waals surface area contributed by atoms with Crippen molar-refractivity contribution in [1.82, 2.24) is 0 Å². The molecule has 1 aromatic carbocycles. The molecule has 1 saturated heterocycles. The number of phenols is 1. The van der Waals surface area contributed by atoms with E-state index in [9.17, 15) is 24.6 Å². The molecule has 4 atom stereocenters. The summed E-state index contributed by atoms with van der Waals surface area (Å²) in [5.74, 6) is -2.29. The number of aromatic hydroxyl groups is 1. The van der Waals surface area contributed by atoms with Gasteiger partial charge < -0.3 is 24.4 Å². The van der Waals surface area contributed by atoms with E-state index >= 15 is 0 Å². The molecule has 8 heteroatoms. The van der Waals surface area contributed by atoms with Crippen molar-refractivity contribution in [3.63, 3.8) is 0 Å². The number of fused-ring (bicyclic) bond motifs is 2. The minimum atomic E-state index is -1.61. The van der Waals surface area contributed by atoms with Gasteiger partial charge in [-0.2, -0.15) is 0 Å². The number of aliphatic carboxylic acids is 1. The van der Waals surface area contributed by atoms with Gasteiger partial charge in [-0.05, 0) is 73.5 Å². The molecule has 3 aliphatic heterocycles. The number of carbonyl (C=O) groups excluding carboxylic acids is 2. The number of benzene rings is 1. The highest BCUT2D eigenvalue weighted by atomic mass is 16.6. The van der Waals surface area contributed by atoms with Crippen molar-refractivity contribution in [2.24, 2.45) is 11.8 Å². The third kappa shape index (κ3) is 3.52. The number of carboxylic acid groups (broad SMARTS) is 1. The average Bonchev–Trinajstić information content (AvgIpc) is 3.03. The van der Waals surface area contributed by atoms with E-state index in [-0.39, 0.29) is 40.8 Å². The lowest BCUT2D eigenvalue weighted by Crippen LogP contribution is -2.72. The number of allylic oxidation sites excluding steroid dienone is 3. The highest BCUT2D eigenvalue weighted by molar-refractivity contribution is 6.19. The number of rotatable bonds is 5. The third-order valence-corrected chi connectivity index (χ3v) is 9.37. The molecule has 1 aromatic rings. The normalized spacial score (nSPS) is 31.4. The molecule has 1 unspecified atom stereocenters. The Labute approximate surface area is 239 Å². The van der Waals surface area contributed by atoms with Gasteiger partial charge in [-0.1, -0.05) is 23.8 Å². The predicted molar refractivity (Wildman–Crippen MR) is 151 cm³/mol. The maximum absolute atomic E-state index is 14.5. The van der Waals surface area contributed by atoms with Crippen LogP contribution in [0.4, 0.5) is 0 Å². The Morgan fingerprint density at radius 2 is 1.78 bits per heavy atom. The summed E-state index contributed by atoms with van der Waals surface area (Å²) in [5, 5.41) is 21.1. The van der Waals surface area contributed by atoms with Gasteiger partial charge in [0.25, 0.3) is 0 Å². The third-order valence-electron chi connectivity index (χ3n) is 9.37. The summed E-state index contributed by atoms with van der Waals surface area (Å²) in [7, 11) is 0. The fourth-order valence-electron chi connectivity index (χ4n) is 7.44. The number of hydrogen-bond acceptors (Lipinski definition) is 7. The Bertz CT molecular complexity index is 1560. The van der Waals surface area contributed by atoms with E-state index in [1.165, 1.54) is 13.0 Å².